The van der Waals surface area contributed by atoms with Gasteiger partial charge in [0.25, 0.3) is 12.3 Å². The van der Waals surface area contributed by atoms with Crippen molar-refractivity contribution in [2.45, 2.75) is 36.8 Å². The Balaban J connectivity index is 2.49. The van der Waals surface area contributed by atoms with Gasteiger partial charge in [-0.1, -0.05) is 18.2 Å². The number of hydrogen-bond acceptors (Lipinski definition) is 2. The van der Waals surface area contributed by atoms with E-state index < -0.39 is 54.1 Å². The number of halogens is 5. The van der Waals surface area contributed by atoms with Crippen LogP contribution in [0.1, 0.15) is 18.4 Å². The monoisotopic (exact) mass is 295 g/mol. The molecule has 0 aliphatic heterocycles. The first kappa shape index (κ1) is 15.2. The first-order valence-corrected chi connectivity index (χ1v) is 6.06. The highest BCUT2D eigenvalue weighted by Gasteiger charge is 2.58. The Morgan fingerprint density at radius 1 is 1.25 bits per heavy atom. The number of nitrogens with two attached hydrogens (primary N) is 1. The lowest BCUT2D eigenvalue weighted by molar-refractivity contribution is -0.0293. The molecule has 0 spiro atoms. The summed E-state index contributed by atoms with van der Waals surface area (Å²) in [5.41, 5.74) is 2.39. The van der Waals surface area contributed by atoms with Crippen molar-refractivity contribution in [2.75, 3.05) is 0 Å². The molecule has 20 heavy (non-hydrogen) atoms. The van der Waals surface area contributed by atoms with Crippen LogP contribution in [0.2, 0.25) is 0 Å². The van der Waals surface area contributed by atoms with Crippen LogP contribution in [0.3, 0.4) is 0 Å². The number of aliphatic hydroxyl groups is 1. The second kappa shape index (κ2) is 4.96. The van der Waals surface area contributed by atoms with Gasteiger partial charge in [-0.05, 0) is 6.07 Å². The highest BCUT2D eigenvalue weighted by Crippen LogP contribution is 2.48. The summed E-state index contributed by atoms with van der Waals surface area (Å²) in [5, 5.41) is 9.65. The third-order valence-corrected chi connectivity index (χ3v) is 3.81. The maximum absolute atomic E-state index is 13.7. The second-order valence-corrected chi connectivity index (χ2v) is 5.15. The van der Waals surface area contributed by atoms with Gasteiger partial charge in [-0.3, -0.25) is 0 Å². The standard InChI is InChI=1S/C13H14F5NO/c14-9-4-2-1-3-7(9)13(19,11(15)16)8-5-12(17,18)6-10(8)20/h1-4,8,10-11,20H,5-6,19H2/t8-,10+,13-/m0/s1. The first-order chi connectivity index (χ1) is 9.18. The smallest absolute Gasteiger partial charge is 0.260 e. The first-order valence-electron chi connectivity index (χ1n) is 6.06. The van der Waals surface area contributed by atoms with Crippen LogP contribution in [0.4, 0.5) is 22.0 Å². The van der Waals surface area contributed by atoms with Crippen LogP contribution in [0.25, 0.3) is 0 Å². The van der Waals surface area contributed by atoms with Gasteiger partial charge in [-0.2, -0.15) is 0 Å². The van der Waals surface area contributed by atoms with Gasteiger partial charge >= 0.3 is 0 Å². The van der Waals surface area contributed by atoms with E-state index in [1.165, 1.54) is 12.1 Å². The van der Waals surface area contributed by atoms with Crippen LogP contribution in [-0.2, 0) is 5.54 Å². The Morgan fingerprint density at radius 3 is 2.30 bits per heavy atom. The van der Waals surface area contributed by atoms with Crippen LogP contribution in [0, 0.1) is 11.7 Å². The molecule has 1 aromatic carbocycles. The van der Waals surface area contributed by atoms with E-state index in [0.29, 0.717) is 0 Å². The summed E-state index contributed by atoms with van der Waals surface area (Å²) in [6.07, 6.45) is -6.93. The molecule has 1 aliphatic rings. The lowest BCUT2D eigenvalue weighted by Crippen LogP contribution is -2.53. The number of rotatable bonds is 3. The summed E-state index contributed by atoms with van der Waals surface area (Å²) in [6, 6.07) is 4.54. The van der Waals surface area contributed by atoms with Crippen molar-refractivity contribution in [3.05, 3.63) is 35.6 Å². The molecule has 0 amide bonds. The van der Waals surface area contributed by atoms with E-state index in [-0.39, 0.29) is 0 Å². The summed E-state index contributed by atoms with van der Waals surface area (Å²) < 4.78 is 67.1. The van der Waals surface area contributed by atoms with Gasteiger partial charge in [0, 0.05) is 24.3 Å². The molecule has 0 radical (unpaired) electrons. The molecule has 1 fully saturated rings. The van der Waals surface area contributed by atoms with Gasteiger partial charge in [0.15, 0.2) is 0 Å². The molecule has 3 N–H and O–H groups in total. The lowest BCUT2D eigenvalue weighted by Gasteiger charge is -2.36. The molecule has 1 aromatic rings. The molecular formula is C13H14F5NO. The zero-order valence-corrected chi connectivity index (χ0v) is 10.4. The summed E-state index contributed by atoms with van der Waals surface area (Å²) in [6.45, 7) is 0. The zero-order valence-electron chi connectivity index (χ0n) is 10.4. The minimum absolute atomic E-state index is 0.559. The van der Waals surface area contributed by atoms with Crippen molar-refractivity contribution in [1.29, 1.82) is 0 Å². The van der Waals surface area contributed by atoms with Crippen LogP contribution in [0.15, 0.2) is 24.3 Å². The summed E-state index contributed by atoms with van der Waals surface area (Å²) in [5.74, 6) is -5.90. The highest BCUT2D eigenvalue weighted by molar-refractivity contribution is 5.29. The molecule has 0 aromatic heterocycles. The highest BCUT2D eigenvalue weighted by atomic mass is 19.3. The molecule has 1 saturated carbocycles. The predicted octanol–water partition coefficient (Wildman–Crippen LogP) is 2.65. The van der Waals surface area contributed by atoms with Crippen molar-refractivity contribution in [3.8, 4) is 0 Å². The Hall–Kier alpha value is -1.21. The van der Waals surface area contributed by atoms with Crippen molar-refractivity contribution < 1.29 is 27.1 Å². The fourth-order valence-electron chi connectivity index (χ4n) is 2.77. The van der Waals surface area contributed by atoms with E-state index >= 15 is 0 Å². The van der Waals surface area contributed by atoms with Gasteiger partial charge in [0.1, 0.15) is 11.4 Å². The van der Waals surface area contributed by atoms with E-state index in [9.17, 15) is 27.1 Å². The molecule has 0 heterocycles. The van der Waals surface area contributed by atoms with Crippen molar-refractivity contribution in [1.82, 2.24) is 0 Å². The number of alkyl halides is 4. The Morgan fingerprint density at radius 2 is 1.85 bits per heavy atom. The van der Waals surface area contributed by atoms with Gasteiger partial charge < -0.3 is 10.8 Å². The third-order valence-electron chi connectivity index (χ3n) is 3.81. The summed E-state index contributed by atoms with van der Waals surface area (Å²) in [7, 11) is 0. The van der Waals surface area contributed by atoms with Crippen LogP contribution in [0.5, 0.6) is 0 Å². The van der Waals surface area contributed by atoms with Gasteiger partial charge in [-0.15, -0.1) is 0 Å². The van der Waals surface area contributed by atoms with Crippen molar-refractivity contribution in [3.63, 3.8) is 0 Å². The van der Waals surface area contributed by atoms with E-state index in [2.05, 4.69) is 0 Å². The average Bonchev–Trinajstić information content (AvgIpc) is 2.62. The molecule has 7 heteroatoms. The maximum atomic E-state index is 13.7. The maximum Gasteiger partial charge on any atom is 0.260 e. The summed E-state index contributed by atoms with van der Waals surface area (Å²) in [4.78, 5) is 0. The molecule has 112 valence electrons. The average molecular weight is 295 g/mol. The Bertz CT molecular complexity index is 495. The van der Waals surface area contributed by atoms with E-state index in [4.69, 9.17) is 5.73 Å². The number of hydrogen-bond donors (Lipinski definition) is 2. The molecule has 0 bridgehead atoms. The minimum Gasteiger partial charge on any atom is -0.393 e. The second-order valence-electron chi connectivity index (χ2n) is 5.15. The Kier molecular flexibility index (Phi) is 3.77. The largest absolute Gasteiger partial charge is 0.393 e. The molecule has 0 unspecified atom stereocenters. The fraction of sp³-hybridized carbons (Fsp3) is 0.538. The number of benzene rings is 1. The van der Waals surface area contributed by atoms with E-state index in [0.717, 1.165) is 12.1 Å². The van der Waals surface area contributed by atoms with Gasteiger partial charge in [0.2, 0.25) is 0 Å². The molecule has 2 rings (SSSR count). The lowest BCUT2D eigenvalue weighted by atomic mass is 9.76. The molecule has 3 atom stereocenters. The quantitative estimate of drug-likeness (QED) is 0.842. The predicted molar refractivity (Wildman–Crippen MR) is 61.9 cm³/mol. The van der Waals surface area contributed by atoms with E-state index in [1.54, 1.807) is 0 Å². The normalized spacial score (nSPS) is 28.6. The van der Waals surface area contributed by atoms with Crippen molar-refractivity contribution in [2.24, 2.45) is 11.7 Å². The van der Waals surface area contributed by atoms with Crippen LogP contribution >= 0.6 is 0 Å². The third kappa shape index (κ3) is 2.40. The van der Waals surface area contributed by atoms with Gasteiger partial charge in [-0.25, -0.2) is 22.0 Å². The Labute approximate surface area is 112 Å². The van der Waals surface area contributed by atoms with E-state index in [1.807, 2.05) is 0 Å². The molecule has 2 nitrogen and oxygen atoms in total. The van der Waals surface area contributed by atoms with Crippen LogP contribution in [-0.4, -0.2) is 23.6 Å². The van der Waals surface area contributed by atoms with Crippen molar-refractivity contribution >= 4 is 0 Å². The molecular weight excluding hydrogens is 281 g/mol. The molecule has 0 saturated heterocycles. The topological polar surface area (TPSA) is 46.2 Å². The fourth-order valence-corrected chi connectivity index (χ4v) is 2.77. The zero-order chi connectivity index (χ0) is 15.1. The van der Waals surface area contributed by atoms with Crippen LogP contribution < -0.4 is 5.73 Å². The number of aliphatic hydroxyl groups excluding tert-OH is 1. The summed E-state index contributed by atoms with van der Waals surface area (Å²) >= 11 is 0. The van der Waals surface area contributed by atoms with Gasteiger partial charge in [0.05, 0.1) is 6.10 Å². The minimum atomic E-state index is -3.28. The molecule has 1 aliphatic carbocycles. The SMILES string of the molecule is N[C@](c1ccccc1F)(C(F)F)[C@H]1CC(F)(F)C[C@H]1O.